The first-order valence-corrected chi connectivity index (χ1v) is 9.50. The first kappa shape index (κ1) is 19.5. The maximum atomic E-state index is 13.0. The molecule has 4 rings (SSSR count). The van der Waals surface area contributed by atoms with Gasteiger partial charge in [0.15, 0.2) is 6.61 Å². The number of amides is 2. The third-order valence-electron chi connectivity index (χ3n) is 4.98. The first-order valence-electron chi connectivity index (χ1n) is 9.50. The number of nitrogens with zero attached hydrogens (tertiary/aromatic N) is 3. The van der Waals surface area contributed by atoms with Crippen molar-refractivity contribution in [3.8, 4) is 11.5 Å². The van der Waals surface area contributed by atoms with Crippen LogP contribution in [0.3, 0.4) is 0 Å². The zero-order valence-corrected chi connectivity index (χ0v) is 16.7. The largest absolute Gasteiger partial charge is 0.496 e. The van der Waals surface area contributed by atoms with Gasteiger partial charge in [0.05, 0.1) is 12.8 Å². The standard InChI is InChI=1S/C22H22N4O4/c1-25-12-11-23-22(25)21(15-7-3-5-9-17(15)29-2)24-19(27)13-26-16-8-4-6-10-18(16)30-14-20(26)28/h3-12,21H,13-14H2,1-2H3,(H,24,27). The Morgan fingerprint density at radius 3 is 2.77 bits per heavy atom. The minimum atomic E-state index is -0.542. The first-order chi connectivity index (χ1) is 14.6. The van der Waals surface area contributed by atoms with Crippen LogP contribution in [-0.4, -0.2) is 41.6 Å². The van der Waals surface area contributed by atoms with Gasteiger partial charge in [-0.2, -0.15) is 0 Å². The predicted octanol–water partition coefficient (Wildman–Crippen LogP) is 2.06. The van der Waals surface area contributed by atoms with E-state index < -0.39 is 6.04 Å². The second-order valence-electron chi connectivity index (χ2n) is 6.88. The molecule has 0 fully saturated rings. The third-order valence-corrected chi connectivity index (χ3v) is 4.98. The van der Waals surface area contributed by atoms with Gasteiger partial charge in [0.1, 0.15) is 29.9 Å². The summed E-state index contributed by atoms with van der Waals surface area (Å²) in [6, 6.07) is 14.1. The minimum Gasteiger partial charge on any atom is -0.496 e. The summed E-state index contributed by atoms with van der Waals surface area (Å²) in [6.07, 6.45) is 3.48. The summed E-state index contributed by atoms with van der Waals surface area (Å²) in [7, 11) is 3.44. The zero-order chi connectivity index (χ0) is 21.1. The highest BCUT2D eigenvalue weighted by molar-refractivity contribution is 6.02. The van der Waals surface area contributed by atoms with E-state index in [4.69, 9.17) is 9.47 Å². The number of rotatable bonds is 6. The lowest BCUT2D eigenvalue weighted by atomic mass is 10.0. The lowest BCUT2D eigenvalue weighted by Crippen LogP contribution is -2.46. The minimum absolute atomic E-state index is 0.0976. The molecule has 154 valence electrons. The fraction of sp³-hybridized carbons (Fsp3) is 0.227. The lowest BCUT2D eigenvalue weighted by molar-refractivity contribution is -0.125. The van der Waals surface area contributed by atoms with Crippen LogP contribution < -0.4 is 19.7 Å². The molecule has 0 aliphatic carbocycles. The Bertz CT molecular complexity index is 1080. The Morgan fingerprint density at radius 2 is 2.00 bits per heavy atom. The Hall–Kier alpha value is -3.81. The number of ether oxygens (including phenoxy) is 2. The van der Waals surface area contributed by atoms with Crippen molar-refractivity contribution in [2.75, 3.05) is 25.2 Å². The van der Waals surface area contributed by atoms with Crippen LogP contribution in [0.1, 0.15) is 17.4 Å². The van der Waals surface area contributed by atoms with Crippen LogP contribution >= 0.6 is 0 Å². The number of aryl methyl sites for hydroxylation is 1. The summed E-state index contributed by atoms with van der Waals surface area (Å²) in [4.78, 5) is 31.3. The molecular weight excluding hydrogens is 384 g/mol. The smallest absolute Gasteiger partial charge is 0.265 e. The summed E-state index contributed by atoms with van der Waals surface area (Å²) in [6.45, 7) is -0.227. The van der Waals surface area contributed by atoms with Crippen LogP contribution in [0.25, 0.3) is 0 Å². The molecule has 2 amide bonds. The molecule has 0 radical (unpaired) electrons. The van der Waals surface area contributed by atoms with E-state index in [1.165, 1.54) is 4.90 Å². The van der Waals surface area contributed by atoms with Crippen molar-refractivity contribution in [1.29, 1.82) is 0 Å². The Morgan fingerprint density at radius 1 is 1.23 bits per heavy atom. The number of aromatic nitrogens is 2. The number of carbonyl (C=O) groups is 2. The van der Waals surface area contributed by atoms with Crippen LogP contribution in [0.2, 0.25) is 0 Å². The number of hydrogen-bond acceptors (Lipinski definition) is 5. The molecule has 2 aromatic carbocycles. The number of para-hydroxylation sites is 3. The van der Waals surface area contributed by atoms with Crippen LogP contribution in [0.15, 0.2) is 60.9 Å². The van der Waals surface area contributed by atoms with Gasteiger partial charge in [-0.05, 0) is 18.2 Å². The van der Waals surface area contributed by atoms with Gasteiger partial charge < -0.3 is 19.4 Å². The van der Waals surface area contributed by atoms with Crippen molar-refractivity contribution < 1.29 is 19.1 Å². The summed E-state index contributed by atoms with van der Waals surface area (Å²) >= 11 is 0. The second kappa shape index (κ2) is 8.28. The molecule has 1 aliphatic rings. The average Bonchev–Trinajstić information content (AvgIpc) is 3.19. The Balaban J connectivity index is 1.62. The third kappa shape index (κ3) is 3.71. The highest BCUT2D eigenvalue weighted by Crippen LogP contribution is 2.32. The number of carbonyl (C=O) groups excluding carboxylic acids is 2. The molecule has 1 N–H and O–H groups in total. The van der Waals surface area contributed by atoms with Crippen molar-refractivity contribution in [3.63, 3.8) is 0 Å². The fourth-order valence-electron chi connectivity index (χ4n) is 3.52. The summed E-state index contributed by atoms with van der Waals surface area (Å²) in [5.41, 5.74) is 1.35. The van der Waals surface area contributed by atoms with E-state index in [1.807, 2.05) is 48.1 Å². The number of nitrogens with one attached hydrogen (secondary N) is 1. The highest BCUT2D eigenvalue weighted by Gasteiger charge is 2.29. The van der Waals surface area contributed by atoms with E-state index in [-0.39, 0.29) is 25.0 Å². The van der Waals surface area contributed by atoms with Crippen molar-refractivity contribution >= 4 is 17.5 Å². The number of methoxy groups -OCH3 is 1. The lowest BCUT2D eigenvalue weighted by Gasteiger charge is -2.29. The molecule has 1 atom stereocenters. The van der Waals surface area contributed by atoms with Crippen LogP contribution in [0.5, 0.6) is 11.5 Å². The molecule has 3 aromatic rings. The van der Waals surface area contributed by atoms with Gasteiger partial charge in [0.25, 0.3) is 5.91 Å². The van der Waals surface area contributed by atoms with Crippen molar-refractivity contribution in [3.05, 3.63) is 72.3 Å². The number of anilines is 1. The molecule has 30 heavy (non-hydrogen) atoms. The average molecular weight is 406 g/mol. The number of benzene rings is 2. The van der Waals surface area contributed by atoms with Gasteiger partial charge in [0, 0.05) is 25.0 Å². The summed E-state index contributed by atoms with van der Waals surface area (Å²) in [5.74, 6) is 1.28. The van der Waals surface area contributed by atoms with Gasteiger partial charge in [-0.1, -0.05) is 30.3 Å². The number of fused-ring (bicyclic) bond motifs is 1. The quantitative estimate of drug-likeness (QED) is 0.677. The van der Waals surface area contributed by atoms with Gasteiger partial charge in [-0.25, -0.2) is 4.98 Å². The second-order valence-corrected chi connectivity index (χ2v) is 6.88. The van der Waals surface area contributed by atoms with Gasteiger partial charge in [-0.3, -0.25) is 14.5 Å². The predicted molar refractivity (Wildman–Crippen MR) is 110 cm³/mol. The van der Waals surface area contributed by atoms with E-state index in [2.05, 4.69) is 10.3 Å². The fourth-order valence-corrected chi connectivity index (χ4v) is 3.52. The molecule has 0 saturated heterocycles. The molecule has 1 aliphatic heterocycles. The molecule has 8 heteroatoms. The zero-order valence-electron chi connectivity index (χ0n) is 16.7. The van der Waals surface area contributed by atoms with Crippen molar-refractivity contribution in [2.45, 2.75) is 6.04 Å². The normalized spacial score (nSPS) is 13.9. The van der Waals surface area contributed by atoms with Crippen LogP contribution in [0, 0.1) is 0 Å². The summed E-state index contributed by atoms with van der Waals surface area (Å²) in [5, 5.41) is 3.01. The number of hydrogen-bond donors (Lipinski definition) is 1. The SMILES string of the molecule is COc1ccccc1C(NC(=O)CN1C(=O)COc2ccccc21)c1nccn1C. The molecule has 1 aromatic heterocycles. The number of imidazole rings is 1. The maximum absolute atomic E-state index is 13.0. The summed E-state index contributed by atoms with van der Waals surface area (Å²) < 4.78 is 12.8. The molecule has 0 saturated carbocycles. The molecular formula is C22H22N4O4. The van der Waals surface area contributed by atoms with Gasteiger partial charge in [-0.15, -0.1) is 0 Å². The Labute approximate surface area is 174 Å². The maximum Gasteiger partial charge on any atom is 0.265 e. The molecule has 0 spiro atoms. The van der Waals surface area contributed by atoms with Gasteiger partial charge in [0.2, 0.25) is 5.91 Å². The van der Waals surface area contributed by atoms with Crippen molar-refractivity contribution in [2.24, 2.45) is 7.05 Å². The van der Waals surface area contributed by atoms with E-state index >= 15 is 0 Å². The van der Waals surface area contributed by atoms with Gasteiger partial charge >= 0.3 is 0 Å². The molecule has 2 heterocycles. The van der Waals surface area contributed by atoms with Crippen molar-refractivity contribution in [1.82, 2.24) is 14.9 Å². The van der Waals surface area contributed by atoms with Crippen LogP contribution in [0.4, 0.5) is 5.69 Å². The topological polar surface area (TPSA) is 85.7 Å². The van der Waals surface area contributed by atoms with E-state index in [9.17, 15) is 9.59 Å². The highest BCUT2D eigenvalue weighted by atomic mass is 16.5. The molecule has 0 bridgehead atoms. The van der Waals surface area contributed by atoms with Crippen LogP contribution in [-0.2, 0) is 16.6 Å². The molecule has 8 nitrogen and oxygen atoms in total. The monoisotopic (exact) mass is 406 g/mol. The Kier molecular flexibility index (Phi) is 5.38. The molecule has 1 unspecified atom stereocenters. The van der Waals surface area contributed by atoms with E-state index in [0.717, 1.165) is 5.56 Å². The van der Waals surface area contributed by atoms with E-state index in [0.29, 0.717) is 23.0 Å². The van der Waals surface area contributed by atoms with E-state index in [1.54, 1.807) is 31.5 Å².